The lowest BCUT2D eigenvalue weighted by molar-refractivity contribution is -0.139. The second-order valence-electron chi connectivity index (χ2n) is 6.73. The molecule has 1 amide bonds. The molecule has 0 spiro atoms. The zero-order valence-electron chi connectivity index (χ0n) is 15.2. The largest absolute Gasteiger partial charge is 0.480 e. The molecule has 1 saturated carbocycles. The summed E-state index contributed by atoms with van der Waals surface area (Å²) in [6, 6.07) is 4.45. The second kappa shape index (κ2) is 7.83. The van der Waals surface area contributed by atoms with Crippen molar-refractivity contribution >= 4 is 11.9 Å². The van der Waals surface area contributed by atoms with Crippen molar-refractivity contribution in [2.75, 3.05) is 13.1 Å². The molecule has 27 heavy (non-hydrogen) atoms. The molecule has 144 valence electrons. The second-order valence-corrected chi connectivity index (χ2v) is 6.73. The molecule has 0 saturated heterocycles. The molecular weight excluding hydrogens is 353 g/mol. The highest BCUT2D eigenvalue weighted by Crippen LogP contribution is 2.25. The highest BCUT2D eigenvalue weighted by molar-refractivity contribution is 5.92. The fraction of sp³-hybridized carbons (Fsp3) is 0.444. The van der Waals surface area contributed by atoms with E-state index in [4.69, 9.17) is 5.11 Å². The van der Waals surface area contributed by atoms with E-state index in [-0.39, 0.29) is 36.0 Å². The Labute approximate surface area is 156 Å². The summed E-state index contributed by atoms with van der Waals surface area (Å²) in [4.78, 5) is 25.1. The van der Waals surface area contributed by atoms with Crippen molar-refractivity contribution in [1.82, 2.24) is 25.2 Å². The molecule has 1 aromatic carbocycles. The maximum absolute atomic E-state index is 13.2. The number of carbonyl (C=O) groups excluding carboxylic acids is 1. The van der Waals surface area contributed by atoms with Crippen LogP contribution in [0, 0.1) is 12.7 Å². The van der Waals surface area contributed by atoms with Crippen LogP contribution in [0.2, 0.25) is 0 Å². The molecule has 0 unspecified atom stereocenters. The molecular formula is C18H22FN5O3. The first-order valence-electron chi connectivity index (χ1n) is 8.83. The van der Waals surface area contributed by atoms with Crippen molar-refractivity contribution < 1.29 is 19.1 Å². The first-order valence-corrected chi connectivity index (χ1v) is 8.83. The molecule has 0 bridgehead atoms. The fourth-order valence-corrected chi connectivity index (χ4v) is 3.30. The van der Waals surface area contributed by atoms with Crippen molar-refractivity contribution in [1.29, 1.82) is 0 Å². The van der Waals surface area contributed by atoms with Gasteiger partial charge in [0.15, 0.2) is 5.69 Å². The highest BCUT2D eigenvalue weighted by atomic mass is 19.1. The van der Waals surface area contributed by atoms with Gasteiger partial charge in [-0.05, 0) is 50.1 Å². The average Bonchev–Trinajstić information content (AvgIpc) is 3.05. The van der Waals surface area contributed by atoms with Gasteiger partial charge in [0.2, 0.25) is 0 Å². The molecule has 0 aliphatic heterocycles. The zero-order chi connectivity index (χ0) is 19.6. The highest BCUT2D eigenvalue weighted by Gasteiger charge is 2.35. The minimum Gasteiger partial charge on any atom is -0.480 e. The van der Waals surface area contributed by atoms with E-state index in [0.29, 0.717) is 30.6 Å². The van der Waals surface area contributed by atoms with Gasteiger partial charge in [-0.15, -0.1) is 5.10 Å². The van der Waals surface area contributed by atoms with Crippen molar-refractivity contribution in [3.63, 3.8) is 0 Å². The van der Waals surface area contributed by atoms with E-state index in [1.54, 1.807) is 13.0 Å². The summed E-state index contributed by atoms with van der Waals surface area (Å²) < 4.78 is 14.7. The van der Waals surface area contributed by atoms with Gasteiger partial charge in [-0.1, -0.05) is 12.1 Å². The zero-order valence-corrected chi connectivity index (χ0v) is 15.2. The Bertz CT molecular complexity index is 847. The molecule has 2 N–H and O–H groups in total. The van der Waals surface area contributed by atoms with Gasteiger partial charge < -0.3 is 10.4 Å². The molecule has 1 heterocycles. The van der Waals surface area contributed by atoms with Crippen molar-refractivity contribution in [2.24, 2.45) is 0 Å². The third-order valence-corrected chi connectivity index (χ3v) is 4.84. The first-order chi connectivity index (χ1) is 12.9. The maximum Gasteiger partial charge on any atom is 0.317 e. The lowest BCUT2D eigenvalue weighted by Gasteiger charge is -2.42. The van der Waals surface area contributed by atoms with Crippen LogP contribution in [0.15, 0.2) is 24.4 Å². The number of hydrogen-bond donors (Lipinski definition) is 2. The van der Waals surface area contributed by atoms with Gasteiger partial charge in [0.05, 0.1) is 18.4 Å². The predicted molar refractivity (Wildman–Crippen MR) is 95.2 cm³/mol. The minimum absolute atomic E-state index is 0.00712. The number of hydrogen-bond acceptors (Lipinski definition) is 5. The Hall–Kier alpha value is -2.81. The predicted octanol–water partition coefficient (Wildman–Crippen LogP) is 1.38. The SMILES string of the molecule is CCN(CC(=O)O)C1CC(NC(=O)c2cn(-c3ccc(F)cc3C)nn2)C1. The minimum atomic E-state index is -0.850. The van der Waals surface area contributed by atoms with E-state index >= 15 is 0 Å². The van der Waals surface area contributed by atoms with E-state index in [1.165, 1.54) is 23.0 Å². The number of carboxylic acid groups (broad SMARTS) is 1. The number of aromatic nitrogens is 3. The summed E-state index contributed by atoms with van der Waals surface area (Å²) in [5, 5.41) is 19.7. The third-order valence-electron chi connectivity index (χ3n) is 4.84. The summed E-state index contributed by atoms with van der Waals surface area (Å²) in [6.45, 7) is 4.34. The molecule has 1 aromatic heterocycles. The smallest absolute Gasteiger partial charge is 0.317 e. The van der Waals surface area contributed by atoms with Gasteiger partial charge in [-0.2, -0.15) is 0 Å². The van der Waals surface area contributed by atoms with Crippen LogP contribution in [0.1, 0.15) is 35.8 Å². The van der Waals surface area contributed by atoms with Gasteiger partial charge >= 0.3 is 5.97 Å². The summed E-state index contributed by atoms with van der Waals surface area (Å²) in [5.41, 5.74) is 1.52. The summed E-state index contributed by atoms with van der Waals surface area (Å²) in [7, 11) is 0. The van der Waals surface area contributed by atoms with Gasteiger partial charge in [-0.3, -0.25) is 14.5 Å². The van der Waals surface area contributed by atoms with Crippen LogP contribution in [-0.4, -0.2) is 62.0 Å². The van der Waals surface area contributed by atoms with E-state index in [0.717, 1.165) is 0 Å². The average molecular weight is 375 g/mol. The number of rotatable bonds is 7. The number of likely N-dealkylation sites (N-methyl/N-ethyl adjacent to an activating group) is 1. The number of amides is 1. The first kappa shape index (κ1) is 19.0. The molecule has 2 aromatic rings. The van der Waals surface area contributed by atoms with Gasteiger partial charge in [0.1, 0.15) is 5.82 Å². The van der Waals surface area contributed by atoms with Crippen molar-refractivity contribution in [2.45, 2.75) is 38.8 Å². The summed E-state index contributed by atoms with van der Waals surface area (Å²) in [6.07, 6.45) is 2.92. The molecule has 1 aliphatic rings. The van der Waals surface area contributed by atoms with Crippen LogP contribution in [0.3, 0.4) is 0 Å². The molecule has 0 radical (unpaired) electrons. The topological polar surface area (TPSA) is 100 Å². The summed E-state index contributed by atoms with van der Waals surface area (Å²) >= 11 is 0. The third kappa shape index (κ3) is 4.30. The van der Waals surface area contributed by atoms with Gasteiger partial charge in [0, 0.05) is 12.1 Å². The van der Waals surface area contributed by atoms with E-state index in [1.807, 2.05) is 11.8 Å². The number of benzene rings is 1. The molecule has 3 rings (SSSR count). The normalized spacial score (nSPS) is 19.0. The van der Waals surface area contributed by atoms with Crippen LogP contribution >= 0.6 is 0 Å². The Balaban J connectivity index is 1.57. The lowest BCUT2D eigenvalue weighted by Crippen LogP contribution is -2.54. The van der Waals surface area contributed by atoms with Gasteiger partial charge in [0.25, 0.3) is 5.91 Å². The number of carbonyl (C=O) groups is 2. The summed E-state index contributed by atoms with van der Waals surface area (Å²) in [5.74, 6) is -1.51. The van der Waals surface area contributed by atoms with Crippen LogP contribution < -0.4 is 5.32 Å². The molecule has 1 aliphatic carbocycles. The quantitative estimate of drug-likeness (QED) is 0.758. The maximum atomic E-state index is 13.2. The van der Waals surface area contributed by atoms with Crippen molar-refractivity contribution in [3.8, 4) is 5.69 Å². The Morgan fingerprint density at radius 3 is 2.78 bits per heavy atom. The molecule has 0 atom stereocenters. The molecule has 9 heteroatoms. The van der Waals surface area contributed by atoms with Crippen LogP contribution in [-0.2, 0) is 4.79 Å². The van der Waals surface area contributed by atoms with Crippen LogP contribution in [0.5, 0.6) is 0 Å². The molecule has 1 fully saturated rings. The number of carboxylic acids is 1. The number of halogens is 1. The number of nitrogens with zero attached hydrogens (tertiary/aromatic N) is 4. The Morgan fingerprint density at radius 2 is 2.15 bits per heavy atom. The number of aliphatic carboxylic acids is 1. The standard InChI is InChI=1S/C18H22FN5O3/c1-3-23(10-17(25)26)14-7-13(8-14)20-18(27)15-9-24(22-21-15)16-5-4-12(19)6-11(16)2/h4-6,9,13-14H,3,7-8,10H2,1-2H3,(H,20,27)(H,25,26). The lowest BCUT2D eigenvalue weighted by atomic mass is 9.85. The Kier molecular flexibility index (Phi) is 5.50. The van der Waals surface area contributed by atoms with Crippen molar-refractivity contribution in [3.05, 3.63) is 41.5 Å². The van der Waals surface area contributed by atoms with E-state index in [2.05, 4.69) is 15.6 Å². The Morgan fingerprint density at radius 1 is 1.41 bits per heavy atom. The fourth-order valence-electron chi connectivity index (χ4n) is 3.30. The van der Waals surface area contributed by atoms with E-state index < -0.39 is 5.97 Å². The monoisotopic (exact) mass is 375 g/mol. The van der Waals surface area contributed by atoms with Crippen LogP contribution in [0.4, 0.5) is 4.39 Å². The van der Waals surface area contributed by atoms with E-state index in [9.17, 15) is 14.0 Å². The van der Waals surface area contributed by atoms with Gasteiger partial charge in [-0.25, -0.2) is 9.07 Å². The molecule has 8 nitrogen and oxygen atoms in total. The number of aryl methyl sites for hydroxylation is 1. The van der Waals surface area contributed by atoms with Crippen LogP contribution in [0.25, 0.3) is 5.69 Å². The number of nitrogens with one attached hydrogen (secondary N) is 1.